The molecular weight excluding hydrogens is 429 g/mol. The highest BCUT2D eigenvalue weighted by molar-refractivity contribution is 14.1. The smallest absolute Gasteiger partial charge is 0.252 e. The fraction of sp³-hybridized carbons (Fsp3) is 0.562. The van der Waals surface area contributed by atoms with Crippen LogP contribution in [0, 0.1) is 9.49 Å². The third-order valence-electron chi connectivity index (χ3n) is 3.17. The SMILES string of the molecule is CC(C)CCCCCCNC(=O)c1cc(I)ccc1Br. The third-order valence-corrected chi connectivity index (χ3v) is 4.53. The van der Waals surface area contributed by atoms with Crippen molar-refractivity contribution in [3.8, 4) is 0 Å². The Bertz CT molecular complexity index is 434. The summed E-state index contributed by atoms with van der Waals surface area (Å²) in [5, 5.41) is 2.99. The normalized spacial score (nSPS) is 10.8. The molecule has 0 saturated heterocycles. The monoisotopic (exact) mass is 451 g/mol. The third kappa shape index (κ3) is 7.07. The highest BCUT2D eigenvalue weighted by atomic mass is 127. The summed E-state index contributed by atoms with van der Waals surface area (Å²) < 4.78 is 1.93. The summed E-state index contributed by atoms with van der Waals surface area (Å²) in [5.74, 6) is 0.810. The van der Waals surface area contributed by atoms with E-state index in [0.717, 1.165) is 32.5 Å². The van der Waals surface area contributed by atoms with Crippen molar-refractivity contribution in [1.29, 1.82) is 0 Å². The van der Waals surface area contributed by atoms with Crippen LogP contribution in [0.15, 0.2) is 22.7 Å². The van der Waals surface area contributed by atoms with Gasteiger partial charge in [-0.05, 0) is 69.1 Å². The molecule has 4 heteroatoms. The summed E-state index contributed by atoms with van der Waals surface area (Å²) in [7, 11) is 0. The van der Waals surface area contributed by atoms with E-state index in [1.807, 2.05) is 18.2 Å². The van der Waals surface area contributed by atoms with Gasteiger partial charge in [-0.3, -0.25) is 4.79 Å². The van der Waals surface area contributed by atoms with Crippen molar-refractivity contribution in [1.82, 2.24) is 5.32 Å². The number of carbonyl (C=O) groups is 1. The molecule has 0 atom stereocenters. The number of benzene rings is 1. The largest absolute Gasteiger partial charge is 0.352 e. The maximum absolute atomic E-state index is 12.1. The van der Waals surface area contributed by atoms with E-state index in [1.165, 1.54) is 25.7 Å². The van der Waals surface area contributed by atoms with E-state index in [1.54, 1.807) is 0 Å². The van der Waals surface area contributed by atoms with Gasteiger partial charge in [0.05, 0.1) is 5.56 Å². The van der Waals surface area contributed by atoms with Gasteiger partial charge in [0.25, 0.3) is 5.91 Å². The average Bonchev–Trinajstić information content (AvgIpc) is 2.39. The Morgan fingerprint density at radius 2 is 1.95 bits per heavy atom. The Hall–Kier alpha value is -0.100. The van der Waals surface area contributed by atoms with Gasteiger partial charge in [-0.2, -0.15) is 0 Å². The zero-order valence-electron chi connectivity index (χ0n) is 12.2. The molecule has 0 aliphatic carbocycles. The lowest BCUT2D eigenvalue weighted by molar-refractivity contribution is 0.0952. The first kappa shape index (κ1) is 18.0. The minimum atomic E-state index is 0.0116. The predicted molar refractivity (Wildman–Crippen MR) is 97.1 cm³/mol. The minimum absolute atomic E-state index is 0.0116. The van der Waals surface area contributed by atoms with Gasteiger partial charge < -0.3 is 5.32 Å². The molecule has 112 valence electrons. The minimum Gasteiger partial charge on any atom is -0.352 e. The van der Waals surface area contributed by atoms with Crippen LogP contribution >= 0.6 is 38.5 Å². The van der Waals surface area contributed by atoms with Crippen LogP contribution in [0.25, 0.3) is 0 Å². The topological polar surface area (TPSA) is 29.1 Å². The molecule has 0 aliphatic rings. The van der Waals surface area contributed by atoms with Crippen LogP contribution in [0.4, 0.5) is 0 Å². The molecular formula is C16H23BrINO. The van der Waals surface area contributed by atoms with Gasteiger partial charge in [-0.25, -0.2) is 0 Å². The van der Waals surface area contributed by atoms with Crippen molar-refractivity contribution in [2.24, 2.45) is 5.92 Å². The highest BCUT2D eigenvalue weighted by Gasteiger charge is 2.09. The number of amides is 1. The molecule has 1 aromatic rings. The quantitative estimate of drug-likeness (QED) is 0.416. The molecule has 0 aliphatic heterocycles. The number of carbonyl (C=O) groups excluding carboxylic acids is 1. The summed E-state index contributed by atoms with van der Waals surface area (Å²) >= 11 is 5.64. The Kier molecular flexibility index (Phi) is 8.77. The summed E-state index contributed by atoms with van der Waals surface area (Å²) in [6, 6.07) is 5.81. The molecule has 0 unspecified atom stereocenters. The molecule has 20 heavy (non-hydrogen) atoms. The van der Waals surface area contributed by atoms with Gasteiger partial charge in [0.15, 0.2) is 0 Å². The van der Waals surface area contributed by atoms with E-state index in [9.17, 15) is 4.79 Å². The molecule has 0 heterocycles. The Morgan fingerprint density at radius 3 is 2.65 bits per heavy atom. The van der Waals surface area contributed by atoms with Crippen molar-refractivity contribution in [2.45, 2.75) is 46.0 Å². The van der Waals surface area contributed by atoms with Gasteiger partial charge in [0, 0.05) is 14.6 Å². The van der Waals surface area contributed by atoms with Gasteiger partial charge >= 0.3 is 0 Å². The van der Waals surface area contributed by atoms with Gasteiger partial charge in [0.2, 0.25) is 0 Å². The van der Waals surface area contributed by atoms with Crippen LogP contribution in [-0.4, -0.2) is 12.5 Å². The number of nitrogens with one attached hydrogen (secondary N) is 1. The summed E-state index contributed by atoms with van der Waals surface area (Å²) in [6.45, 7) is 5.29. The second kappa shape index (κ2) is 9.77. The number of halogens is 2. The van der Waals surface area contributed by atoms with Crippen molar-refractivity contribution < 1.29 is 4.79 Å². The summed E-state index contributed by atoms with van der Waals surface area (Å²) in [4.78, 5) is 12.1. The van der Waals surface area contributed by atoms with E-state index in [2.05, 4.69) is 57.7 Å². The molecule has 1 aromatic carbocycles. The van der Waals surface area contributed by atoms with Crippen LogP contribution in [-0.2, 0) is 0 Å². The number of hydrogen-bond donors (Lipinski definition) is 1. The number of hydrogen-bond acceptors (Lipinski definition) is 1. The second-order valence-electron chi connectivity index (χ2n) is 5.48. The molecule has 2 nitrogen and oxygen atoms in total. The lowest BCUT2D eigenvalue weighted by Gasteiger charge is -2.08. The molecule has 0 saturated carbocycles. The van der Waals surface area contributed by atoms with Crippen molar-refractivity contribution in [2.75, 3.05) is 6.54 Å². The van der Waals surface area contributed by atoms with E-state index in [0.29, 0.717) is 0 Å². The number of unbranched alkanes of at least 4 members (excludes halogenated alkanes) is 3. The zero-order chi connectivity index (χ0) is 15.0. The maximum Gasteiger partial charge on any atom is 0.252 e. The Balaban J connectivity index is 2.22. The van der Waals surface area contributed by atoms with E-state index in [4.69, 9.17) is 0 Å². The lowest BCUT2D eigenvalue weighted by Crippen LogP contribution is -2.24. The van der Waals surface area contributed by atoms with E-state index >= 15 is 0 Å². The maximum atomic E-state index is 12.1. The molecule has 1 N–H and O–H groups in total. The van der Waals surface area contributed by atoms with Crippen molar-refractivity contribution in [3.05, 3.63) is 31.8 Å². The van der Waals surface area contributed by atoms with Crippen LogP contribution < -0.4 is 5.32 Å². The highest BCUT2D eigenvalue weighted by Crippen LogP contribution is 2.19. The average molecular weight is 452 g/mol. The first-order valence-corrected chi connectivity index (χ1v) is 9.11. The molecule has 0 aromatic heterocycles. The van der Waals surface area contributed by atoms with Crippen LogP contribution in [0.2, 0.25) is 0 Å². The summed E-state index contributed by atoms with van der Waals surface area (Å²) in [6.07, 6.45) is 6.13. The van der Waals surface area contributed by atoms with Crippen LogP contribution in [0.1, 0.15) is 56.3 Å². The molecule has 1 rings (SSSR count). The Labute approximate surface area is 144 Å². The Morgan fingerprint density at radius 1 is 1.25 bits per heavy atom. The van der Waals surface area contributed by atoms with E-state index < -0.39 is 0 Å². The number of rotatable bonds is 8. The second-order valence-corrected chi connectivity index (χ2v) is 7.58. The van der Waals surface area contributed by atoms with Gasteiger partial charge in [0.1, 0.15) is 0 Å². The zero-order valence-corrected chi connectivity index (χ0v) is 16.0. The standard InChI is InChI=1S/C16H23BrINO/c1-12(2)7-5-3-4-6-10-19-16(20)14-11-13(18)8-9-15(14)17/h8-9,11-12H,3-7,10H2,1-2H3,(H,19,20). The molecule has 1 amide bonds. The lowest BCUT2D eigenvalue weighted by atomic mass is 10.0. The fourth-order valence-corrected chi connectivity index (χ4v) is 2.92. The molecule has 0 spiro atoms. The van der Waals surface area contributed by atoms with Crippen LogP contribution in [0.3, 0.4) is 0 Å². The van der Waals surface area contributed by atoms with Gasteiger partial charge in [-0.15, -0.1) is 0 Å². The fourth-order valence-electron chi connectivity index (χ4n) is 2.00. The van der Waals surface area contributed by atoms with E-state index in [-0.39, 0.29) is 5.91 Å². The first-order valence-electron chi connectivity index (χ1n) is 7.24. The molecule has 0 radical (unpaired) electrons. The molecule has 0 fully saturated rings. The first-order chi connectivity index (χ1) is 9.50. The summed E-state index contributed by atoms with van der Waals surface area (Å²) in [5.41, 5.74) is 0.719. The van der Waals surface area contributed by atoms with Gasteiger partial charge in [-0.1, -0.05) is 39.5 Å². The van der Waals surface area contributed by atoms with Crippen molar-refractivity contribution >= 4 is 44.4 Å². The molecule has 0 bridgehead atoms. The predicted octanol–water partition coefficient (Wildman–Crippen LogP) is 5.39. The van der Waals surface area contributed by atoms with Crippen molar-refractivity contribution in [3.63, 3.8) is 0 Å². The van der Waals surface area contributed by atoms with Crippen LogP contribution in [0.5, 0.6) is 0 Å².